The summed E-state index contributed by atoms with van der Waals surface area (Å²) in [4.78, 5) is 12.2. The standard InChI is InChI=1S/C19H31N5/c1-3-20-19(24-13-9-17-7-4-5-8-18(17)24)21-10-14-23-12-6-11-22(2)15-16-23/h4-5,7-8H,3,6,9-16H2,1-2H3,(H,20,21). The predicted octanol–water partition coefficient (Wildman–Crippen LogP) is 1.65. The van der Waals surface area contributed by atoms with Crippen molar-refractivity contribution in [1.29, 1.82) is 0 Å². The van der Waals surface area contributed by atoms with Gasteiger partial charge in [0.1, 0.15) is 0 Å². The van der Waals surface area contributed by atoms with Gasteiger partial charge in [-0.2, -0.15) is 0 Å². The van der Waals surface area contributed by atoms with Crippen LogP contribution in [0.15, 0.2) is 29.3 Å². The molecule has 0 aromatic heterocycles. The maximum absolute atomic E-state index is 4.91. The third-order valence-electron chi connectivity index (χ3n) is 4.97. The van der Waals surface area contributed by atoms with Crippen LogP contribution < -0.4 is 10.2 Å². The number of hydrogen-bond donors (Lipinski definition) is 1. The molecule has 1 fully saturated rings. The average molecular weight is 329 g/mol. The van der Waals surface area contributed by atoms with Crippen molar-refractivity contribution in [3.8, 4) is 0 Å². The number of aliphatic imine (C=N–C) groups is 1. The van der Waals surface area contributed by atoms with Crippen molar-refractivity contribution in [3.63, 3.8) is 0 Å². The molecule has 0 aliphatic carbocycles. The fraction of sp³-hybridized carbons (Fsp3) is 0.632. The third kappa shape index (κ3) is 4.28. The van der Waals surface area contributed by atoms with Crippen LogP contribution in [-0.4, -0.2) is 75.2 Å². The van der Waals surface area contributed by atoms with E-state index >= 15 is 0 Å². The lowest BCUT2D eigenvalue weighted by Crippen LogP contribution is -2.41. The van der Waals surface area contributed by atoms with E-state index in [1.165, 1.54) is 37.3 Å². The lowest BCUT2D eigenvalue weighted by atomic mass is 10.2. The first-order valence-corrected chi connectivity index (χ1v) is 9.32. The van der Waals surface area contributed by atoms with Gasteiger partial charge in [-0.3, -0.25) is 4.99 Å². The first-order chi connectivity index (χ1) is 11.8. The summed E-state index contributed by atoms with van der Waals surface area (Å²) >= 11 is 0. The lowest BCUT2D eigenvalue weighted by Gasteiger charge is -2.23. The van der Waals surface area contributed by atoms with Gasteiger partial charge < -0.3 is 20.0 Å². The number of fused-ring (bicyclic) bond motifs is 1. The van der Waals surface area contributed by atoms with Gasteiger partial charge in [0.2, 0.25) is 0 Å². The van der Waals surface area contributed by atoms with Crippen LogP contribution in [-0.2, 0) is 6.42 Å². The number of nitrogens with one attached hydrogen (secondary N) is 1. The molecule has 2 aliphatic rings. The quantitative estimate of drug-likeness (QED) is 0.673. The van der Waals surface area contributed by atoms with Crippen molar-refractivity contribution >= 4 is 11.6 Å². The fourth-order valence-corrected chi connectivity index (χ4v) is 3.57. The number of guanidine groups is 1. The van der Waals surface area contributed by atoms with Crippen molar-refractivity contribution in [3.05, 3.63) is 29.8 Å². The Kier molecular flexibility index (Phi) is 6.10. The predicted molar refractivity (Wildman–Crippen MR) is 102 cm³/mol. The van der Waals surface area contributed by atoms with E-state index in [1.807, 2.05) is 0 Å². The minimum Gasteiger partial charge on any atom is -0.356 e. The molecule has 1 aromatic carbocycles. The molecule has 24 heavy (non-hydrogen) atoms. The zero-order valence-electron chi connectivity index (χ0n) is 15.2. The molecule has 0 amide bonds. The summed E-state index contributed by atoms with van der Waals surface area (Å²) in [5.41, 5.74) is 2.74. The normalized spacial score (nSPS) is 20.1. The smallest absolute Gasteiger partial charge is 0.198 e. The van der Waals surface area contributed by atoms with E-state index in [0.717, 1.165) is 45.1 Å². The van der Waals surface area contributed by atoms with Gasteiger partial charge in [0.25, 0.3) is 0 Å². The molecule has 2 heterocycles. The van der Waals surface area contributed by atoms with Crippen molar-refractivity contribution in [2.45, 2.75) is 19.8 Å². The van der Waals surface area contributed by atoms with Crippen LogP contribution >= 0.6 is 0 Å². The molecular weight excluding hydrogens is 298 g/mol. The van der Waals surface area contributed by atoms with Crippen LogP contribution in [0.4, 0.5) is 5.69 Å². The summed E-state index contributed by atoms with van der Waals surface area (Å²) in [5, 5.41) is 3.47. The number of benzene rings is 1. The van der Waals surface area contributed by atoms with Crippen LogP contribution in [0.1, 0.15) is 18.9 Å². The molecule has 2 aliphatic heterocycles. The molecule has 0 unspecified atom stereocenters. The lowest BCUT2D eigenvalue weighted by molar-refractivity contribution is 0.283. The van der Waals surface area contributed by atoms with Crippen LogP contribution in [0.3, 0.4) is 0 Å². The van der Waals surface area contributed by atoms with E-state index in [4.69, 9.17) is 4.99 Å². The molecule has 5 nitrogen and oxygen atoms in total. The van der Waals surface area contributed by atoms with Crippen LogP contribution in [0.5, 0.6) is 0 Å². The summed E-state index contributed by atoms with van der Waals surface area (Å²) in [7, 11) is 2.22. The SMILES string of the molecule is CCNC(=NCCN1CCCN(C)CC1)N1CCc2ccccc21. The highest BCUT2D eigenvalue weighted by atomic mass is 15.3. The molecule has 5 heteroatoms. The Morgan fingerprint density at radius 2 is 2.00 bits per heavy atom. The summed E-state index contributed by atoms with van der Waals surface area (Å²) in [5.74, 6) is 1.04. The van der Waals surface area contributed by atoms with Crippen molar-refractivity contribution < 1.29 is 0 Å². The topological polar surface area (TPSA) is 34.1 Å². The Balaban J connectivity index is 1.60. The highest BCUT2D eigenvalue weighted by molar-refractivity contribution is 5.97. The Morgan fingerprint density at radius 3 is 2.88 bits per heavy atom. The Bertz CT molecular complexity index is 556. The van der Waals surface area contributed by atoms with Crippen molar-refractivity contribution in [2.75, 3.05) is 64.3 Å². The maximum atomic E-state index is 4.91. The second-order valence-corrected chi connectivity index (χ2v) is 6.76. The van der Waals surface area contributed by atoms with Crippen molar-refractivity contribution in [2.24, 2.45) is 4.99 Å². The number of likely N-dealkylation sites (N-methyl/N-ethyl adjacent to an activating group) is 1. The molecule has 1 aromatic rings. The van der Waals surface area contributed by atoms with Crippen molar-refractivity contribution in [1.82, 2.24) is 15.1 Å². The van der Waals surface area contributed by atoms with Gasteiger partial charge in [-0.1, -0.05) is 18.2 Å². The van der Waals surface area contributed by atoms with Gasteiger partial charge in [-0.15, -0.1) is 0 Å². The van der Waals surface area contributed by atoms with E-state index in [0.29, 0.717) is 0 Å². The van der Waals surface area contributed by atoms with Gasteiger partial charge in [-0.25, -0.2) is 0 Å². The zero-order chi connectivity index (χ0) is 16.8. The highest BCUT2D eigenvalue weighted by Gasteiger charge is 2.22. The molecule has 1 N–H and O–H groups in total. The van der Waals surface area contributed by atoms with E-state index < -0.39 is 0 Å². The minimum atomic E-state index is 0.866. The van der Waals surface area contributed by atoms with E-state index in [-0.39, 0.29) is 0 Å². The van der Waals surface area contributed by atoms with Gasteiger partial charge in [0, 0.05) is 38.4 Å². The van der Waals surface area contributed by atoms with Gasteiger partial charge >= 0.3 is 0 Å². The number of para-hydroxylation sites is 1. The monoisotopic (exact) mass is 329 g/mol. The Hall–Kier alpha value is -1.59. The number of nitrogens with zero attached hydrogens (tertiary/aromatic N) is 4. The van der Waals surface area contributed by atoms with Gasteiger partial charge in [-0.05, 0) is 51.5 Å². The van der Waals surface area contributed by atoms with Crippen LogP contribution in [0.2, 0.25) is 0 Å². The van der Waals surface area contributed by atoms with Gasteiger partial charge in [0.05, 0.1) is 6.54 Å². The second-order valence-electron chi connectivity index (χ2n) is 6.76. The van der Waals surface area contributed by atoms with Crippen LogP contribution in [0.25, 0.3) is 0 Å². The zero-order valence-corrected chi connectivity index (χ0v) is 15.2. The van der Waals surface area contributed by atoms with E-state index in [9.17, 15) is 0 Å². The summed E-state index contributed by atoms with van der Waals surface area (Å²) in [6.07, 6.45) is 2.37. The Labute approximate surface area is 146 Å². The van der Waals surface area contributed by atoms with Gasteiger partial charge in [0.15, 0.2) is 5.96 Å². The second kappa shape index (κ2) is 8.49. The molecule has 1 saturated heterocycles. The number of hydrogen-bond acceptors (Lipinski definition) is 3. The minimum absolute atomic E-state index is 0.866. The van der Waals surface area contributed by atoms with E-state index in [2.05, 4.69) is 58.3 Å². The summed E-state index contributed by atoms with van der Waals surface area (Å²) < 4.78 is 0. The summed E-state index contributed by atoms with van der Waals surface area (Å²) in [6, 6.07) is 8.68. The molecule has 3 rings (SSSR count). The molecule has 0 radical (unpaired) electrons. The fourth-order valence-electron chi connectivity index (χ4n) is 3.57. The number of anilines is 1. The average Bonchev–Trinajstić information content (AvgIpc) is 2.91. The summed E-state index contributed by atoms with van der Waals surface area (Å²) in [6.45, 7) is 10.7. The van der Waals surface area contributed by atoms with E-state index in [1.54, 1.807) is 0 Å². The molecule has 0 bridgehead atoms. The molecule has 0 atom stereocenters. The number of rotatable bonds is 4. The molecular formula is C19H31N5. The largest absolute Gasteiger partial charge is 0.356 e. The highest BCUT2D eigenvalue weighted by Crippen LogP contribution is 2.27. The molecule has 132 valence electrons. The molecule has 0 saturated carbocycles. The first-order valence-electron chi connectivity index (χ1n) is 9.32. The molecule has 0 spiro atoms. The third-order valence-corrected chi connectivity index (χ3v) is 4.97. The Morgan fingerprint density at radius 1 is 1.12 bits per heavy atom. The van der Waals surface area contributed by atoms with Crippen LogP contribution in [0, 0.1) is 0 Å². The first kappa shape index (κ1) is 17.2. The maximum Gasteiger partial charge on any atom is 0.198 e.